The zero-order valence-corrected chi connectivity index (χ0v) is 21.2. The average Bonchev–Trinajstić information content (AvgIpc) is 3.30. The first-order valence-corrected chi connectivity index (χ1v) is 13.4. The average molecular weight is 520 g/mol. The monoisotopic (exact) mass is 519 g/mol. The Labute approximate surface area is 215 Å². The number of rotatable bonds is 11. The molecule has 4 N–H and O–H groups in total. The molecule has 0 spiro atoms. The minimum Gasteiger partial charge on any atom is -0.465 e. The first-order valence-electron chi connectivity index (χ1n) is 11.7. The SMILES string of the molecule is CNS(=O)(=O)Cc1ccc(NN=Cc2ccc3[nH]cc(CCN(Cc4ccccc4)C(=O)O)c3c2)cc1. The summed E-state index contributed by atoms with van der Waals surface area (Å²) in [5, 5.41) is 15.0. The molecule has 0 bridgehead atoms. The molecule has 0 saturated carbocycles. The van der Waals surface area contributed by atoms with Gasteiger partial charge >= 0.3 is 6.09 Å². The van der Waals surface area contributed by atoms with E-state index < -0.39 is 16.1 Å². The quantitative estimate of drug-likeness (QED) is 0.173. The van der Waals surface area contributed by atoms with Crippen molar-refractivity contribution in [2.45, 2.75) is 18.7 Å². The first kappa shape index (κ1) is 25.9. The molecule has 4 rings (SSSR count). The van der Waals surface area contributed by atoms with E-state index in [1.807, 2.05) is 54.7 Å². The topological polar surface area (TPSA) is 127 Å². The van der Waals surface area contributed by atoms with Gasteiger partial charge in [0.1, 0.15) is 0 Å². The molecular weight excluding hydrogens is 490 g/mol. The summed E-state index contributed by atoms with van der Waals surface area (Å²) in [5.74, 6) is -0.0808. The molecule has 0 radical (unpaired) electrons. The van der Waals surface area contributed by atoms with Gasteiger partial charge < -0.3 is 15.0 Å². The maximum absolute atomic E-state index is 11.8. The molecule has 0 unspecified atom stereocenters. The number of H-pyrrole nitrogens is 1. The van der Waals surface area contributed by atoms with Gasteiger partial charge in [-0.1, -0.05) is 48.5 Å². The van der Waals surface area contributed by atoms with Crippen molar-refractivity contribution in [3.05, 3.63) is 101 Å². The number of hydrazone groups is 1. The number of anilines is 1. The van der Waals surface area contributed by atoms with Gasteiger partial charge in [-0.15, -0.1) is 0 Å². The van der Waals surface area contributed by atoms with Crippen LogP contribution in [0, 0.1) is 0 Å². The fourth-order valence-corrected chi connectivity index (χ4v) is 4.71. The molecule has 1 amide bonds. The number of aromatic nitrogens is 1. The zero-order valence-electron chi connectivity index (χ0n) is 20.4. The molecule has 0 aliphatic heterocycles. The third-order valence-corrected chi connectivity index (χ3v) is 7.29. The second kappa shape index (κ2) is 11.7. The number of hydrogen-bond acceptors (Lipinski definition) is 5. The van der Waals surface area contributed by atoms with Crippen LogP contribution in [0.3, 0.4) is 0 Å². The van der Waals surface area contributed by atoms with Gasteiger partial charge in [-0.2, -0.15) is 5.10 Å². The minimum absolute atomic E-state index is 0.0808. The van der Waals surface area contributed by atoms with Crippen molar-refractivity contribution in [3.8, 4) is 0 Å². The predicted octanol–water partition coefficient (Wildman–Crippen LogP) is 4.39. The van der Waals surface area contributed by atoms with Crippen molar-refractivity contribution in [3.63, 3.8) is 0 Å². The van der Waals surface area contributed by atoms with Crippen LogP contribution in [0.15, 0.2) is 84.1 Å². The lowest BCUT2D eigenvalue weighted by molar-refractivity contribution is 0.143. The van der Waals surface area contributed by atoms with E-state index in [-0.39, 0.29) is 5.75 Å². The molecule has 1 heterocycles. The number of carbonyl (C=O) groups is 1. The molecule has 37 heavy (non-hydrogen) atoms. The van der Waals surface area contributed by atoms with Crippen LogP contribution in [0.5, 0.6) is 0 Å². The van der Waals surface area contributed by atoms with Gasteiger partial charge in [-0.25, -0.2) is 17.9 Å². The van der Waals surface area contributed by atoms with Gasteiger partial charge in [-0.3, -0.25) is 5.43 Å². The summed E-state index contributed by atoms with van der Waals surface area (Å²) in [4.78, 5) is 16.4. The maximum atomic E-state index is 11.8. The van der Waals surface area contributed by atoms with E-state index in [4.69, 9.17) is 0 Å². The highest BCUT2D eigenvalue weighted by Crippen LogP contribution is 2.21. The highest BCUT2D eigenvalue weighted by Gasteiger charge is 2.14. The number of sulfonamides is 1. The van der Waals surface area contributed by atoms with E-state index in [1.54, 1.807) is 30.5 Å². The van der Waals surface area contributed by atoms with Crippen LogP contribution in [-0.4, -0.2) is 49.3 Å². The zero-order chi connectivity index (χ0) is 26.3. The third-order valence-electron chi connectivity index (χ3n) is 5.96. The number of nitrogens with zero attached hydrogens (tertiary/aromatic N) is 2. The van der Waals surface area contributed by atoms with Crippen LogP contribution < -0.4 is 10.1 Å². The predicted molar refractivity (Wildman–Crippen MR) is 146 cm³/mol. The van der Waals surface area contributed by atoms with E-state index in [1.165, 1.54) is 11.9 Å². The Kier molecular flexibility index (Phi) is 8.22. The van der Waals surface area contributed by atoms with Crippen molar-refractivity contribution >= 4 is 38.9 Å². The van der Waals surface area contributed by atoms with E-state index in [9.17, 15) is 18.3 Å². The molecular formula is C27H29N5O4S. The highest BCUT2D eigenvalue weighted by atomic mass is 32.2. The molecule has 0 atom stereocenters. The van der Waals surface area contributed by atoms with Crippen molar-refractivity contribution in [2.24, 2.45) is 5.10 Å². The number of nitrogens with one attached hydrogen (secondary N) is 3. The second-order valence-corrected chi connectivity index (χ2v) is 10.5. The summed E-state index contributed by atoms with van der Waals surface area (Å²) in [6.45, 7) is 0.719. The van der Waals surface area contributed by atoms with Gasteiger partial charge in [-0.05, 0) is 60.0 Å². The number of carboxylic acid groups (broad SMARTS) is 1. The lowest BCUT2D eigenvalue weighted by Crippen LogP contribution is -2.30. The second-order valence-electron chi connectivity index (χ2n) is 8.59. The lowest BCUT2D eigenvalue weighted by Gasteiger charge is -2.19. The van der Waals surface area contributed by atoms with Crippen molar-refractivity contribution < 1.29 is 18.3 Å². The van der Waals surface area contributed by atoms with Crippen LogP contribution >= 0.6 is 0 Å². The number of hydrogen-bond donors (Lipinski definition) is 4. The molecule has 0 fully saturated rings. The number of fused-ring (bicyclic) bond motifs is 1. The smallest absolute Gasteiger partial charge is 0.407 e. The summed E-state index contributed by atoms with van der Waals surface area (Å²) in [5.41, 5.74) is 8.21. The molecule has 192 valence electrons. The van der Waals surface area contributed by atoms with E-state index in [0.29, 0.717) is 25.1 Å². The number of amides is 1. The van der Waals surface area contributed by atoms with E-state index in [0.717, 1.165) is 33.3 Å². The standard InChI is InChI=1S/C27H29N5O4S/c1-28-37(35,36)19-21-7-10-24(11-8-21)31-30-16-22-9-12-26-25(15-22)23(17-29-26)13-14-32(27(33)34)18-20-5-3-2-4-6-20/h2-12,15-17,28-29,31H,13-14,18-19H2,1H3,(H,33,34). The number of aromatic amines is 1. The van der Waals surface area contributed by atoms with Gasteiger partial charge in [0, 0.05) is 30.2 Å². The Bertz CT molecular complexity index is 1480. The Morgan fingerprint density at radius 1 is 1.05 bits per heavy atom. The summed E-state index contributed by atoms with van der Waals surface area (Å²) in [7, 11) is -1.92. The number of benzene rings is 3. The highest BCUT2D eigenvalue weighted by molar-refractivity contribution is 7.88. The van der Waals surface area contributed by atoms with Crippen LogP contribution in [0.2, 0.25) is 0 Å². The largest absolute Gasteiger partial charge is 0.465 e. The molecule has 9 nitrogen and oxygen atoms in total. The molecule has 4 aromatic rings. The Morgan fingerprint density at radius 3 is 2.51 bits per heavy atom. The first-order chi connectivity index (χ1) is 17.8. The van der Waals surface area contributed by atoms with Crippen molar-refractivity contribution in [2.75, 3.05) is 19.0 Å². The molecule has 0 aliphatic carbocycles. The lowest BCUT2D eigenvalue weighted by atomic mass is 10.1. The Balaban J connectivity index is 1.39. The summed E-state index contributed by atoms with van der Waals surface area (Å²) in [6, 6.07) is 22.5. The van der Waals surface area contributed by atoms with Gasteiger partial charge in [0.15, 0.2) is 0 Å². The molecule has 3 aromatic carbocycles. The summed E-state index contributed by atoms with van der Waals surface area (Å²) >= 11 is 0. The Morgan fingerprint density at radius 2 is 1.81 bits per heavy atom. The maximum Gasteiger partial charge on any atom is 0.407 e. The summed E-state index contributed by atoms with van der Waals surface area (Å²) in [6.07, 6.45) is 3.25. The van der Waals surface area contributed by atoms with E-state index in [2.05, 4.69) is 20.2 Å². The molecule has 10 heteroatoms. The molecule has 1 aromatic heterocycles. The minimum atomic E-state index is -3.32. The molecule has 0 aliphatic rings. The fourth-order valence-electron chi connectivity index (χ4n) is 3.93. The normalized spacial score (nSPS) is 11.7. The molecule has 0 saturated heterocycles. The van der Waals surface area contributed by atoms with Gasteiger partial charge in [0.05, 0.1) is 17.7 Å². The Hall–Kier alpha value is -4.15. The van der Waals surface area contributed by atoms with Crippen LogP contribution in [0.4, 0.5) is 10.5 Å². The third kappa shape index (κ3) is 7.18. The van der Waals surface area contributed by atoms with Gasteiger partial charge in [0.2, 0.25) is 10.0 Å². The fraction of sp³-hybridized carbons (Fsp3) is 0.185. The van der Waals surface area contributed by atoms with Crippen molar-refractivity contribution in [1.82, 2.24) is 14.6 Å². The van der Waals surface area contributed by atoms with Crippen LogP contribution in [0.25, 0.3) is 10.9 Å². The summed E-state index contributed by atoms with van der Waals surface area (Å²) < 4.78 is 25.7. The van der Waals surface area contributed by atoms with Gasteiger partial charge in [0.25, 0.3) is 0 Å². The van der Waals surface area contributed by atoms with Crippen molar-refractivity contribution in [1.29, 1.82) is 0 Å². The van der Waals surface area contributed by atoms with E-state index >= 15 is 0 Å². The van der Waals surface area contributed by atoms with Crippen LogP contribution in [0.1, 0.15) is 22.3 Å². The van der Waals surface area contributed by atoms with Crippen LogP contribution in [-0.2, 0) is 28.7 Å².